The second-order valence-electron chi connectivity index (χ2n) is 3.79. The Labute approximate surface area is 84.1 Å². The van der Waals surface area contributed by atoms with Gasteiger partial charge in [0.2, 0.25) is 0 Å². The molecule has 1 aliphatic carbocycles. The van der Waals surface area contributed by atoms with E-state index in [0.717, 1.165) is 12.8 Å². The first kappa shape index (κ1) is 11.0. The van der Waals surface area contributed by atoms with Gasteiger partial charge in [0.25, 0.3) is 0 Å². The average Bonchev–Trinajstić information content (AvgIpc) is 2.49. The highest BCUT2D eigenvalue weighted by atomic mass is 16.5. The number of ether oxygens (including phenoxy) is 1. The number of hydrogen-bond acceptors (Lipinski definition) is 3. The first-order chi connectivity index (χ1) is 6.61. The van der Waals surface area contributed by atoms with Crippen LogP contribution in [0.4, 0.5) is 0 Å². The molecule has 0 spiro atoms. The van der Waals surface area contributed by atoms with Gasteiger partial charge in [0.1, 0.15) is 5.41 Å². The smallest absolute Gasteiger partial charge is 0.320 e. The number of hydrogen-bond donors (Lipinski definition) is 0. The molecule has 3 nitrogen and oxygen atoms in total. The molecule has 0 N–H and O–H groups in total. The molecule has 1 rings (SSSR count). The van der Waals surface area contributed by atoms with Crippen LogP contribution in [0.5, 0.6) is 0 Å². The molecule has 0 aromatic rings. The quantitative estimate of drug-likeness (QED) is 0.391. The number of unbranched alkanes of at least 4 members (excludes halogenated alkanes) is 1. The van der Waals surface area contributed by atoms with Gasteiger partial charge in [-0.3, -0.25) is 9.59 Å². The molecule has 0 unspecified atom stereocenters. The molecular weight excluding hydrogens is 180 g/mol. The first-order valence-corrected chi connectivity index (χ1v) is 4.99. The molecule has 0 amide bonds. The van der Waals surface area contributed by atoms with Gasteiger partial charge in [0, 0.05) is 0 Å². The van der Waals surface area contributed by atoms with Crippen molar-refractivity contribution in [3.8, 4) is 0 Å². The largest absolute Gasteiger partial charge is 0.465 e. The number of carbonyl (C=O) groups is 2. The van der Waals surface area contributed by atoms with Crippen LogP contribution in [0.15, 0.2) is 12.2 Å². The second-order valence-corrected chi connectivity index (χ2v) is 3.79. The summed E-state index contributed by atoms with van der Waals surface area (Å²) in [4.78, 5) is 23.0. The first-order valence-electron chi connectivity index (χ1n) is 4.99. The molecule has 0 aliphatic heterocycles. The van der Waals surface area contributed by atoms with E-state index in [1.165, 1.54) is 6.08 Å². The monoisotopic (exact) mass is 196 g/mol. The summed E-state index contributed by atoms with van der Waals surface area (Å²) in [5.41, 5.74) is -0.951. The third kappa shape index (κ3) is 2.03. The van der Waals surface area contributed by atoms with E-state index in [1.807, 2.05) is 6.92 Å². The Bertz CT molecular complexity index is 268. The maximum Gasteiger partial charge on any atom is 0.320 e. The van der Waals surface area contributed by atoms with E-state index in [-0.39, 0.29) is 11.8 Å². The van der Waals surface area contributed by atoms with Crippen LogP contribution >= 0.6 is 0 Å². The van der Waals surface area contributed by atoms with Gasteiger partial charge in [-0.15, -0.1) is 0 Å². The van der Waals surface area contributed by atoms with E-state index in [2.05, 4.69) is 0 Å². The summed E-state index contributed by atoms with van der Waals surface area (Å²) in [6.45, 7) is 4.08. The average molecular weight is 196 g/mol. The normalized spacial score (nSPS) is 25.4. The topological polar surface area (TPSA) is 43.4 Å². The third-order valence-electron chi connectivity index (χ3n) is 2.52. The zero-order chi connectivity index (χ0) is 10.6. The molecule has 1 atom stereocenters. The van der Waals surface area contributed by atoms with E-state index in [4.69, 9.17) is 4.74 Å². The van der Waals surface area contributed by atoms with Crippen molar-refractivity contribution in [1.29, 1.82) is 0 Å². The SMILES string of the molecule is CCCCOC(=O)[C@@]1(C)CC=CC1=O. The van der Waals surface area contributed by atoms with Crippen molar-refractivity contribution in [3.63, 3.8) is 0 Å². The molecular formula is C11H16O3. The Kier molecular flexibility index (Phi) is 3.44. The minimum Gasteiger partial charge on any atom is -0.465 e. The van der Waals surface area contributed by atoms with Crippen molar-refractivity contribution >= 4 is 11.8 Å². The Hall–Kier alpha value is -1.12. The minimum atomic E-state index is -0.951. The molecule has 0 radical (unpaired) electrons. The van der Waals surface area contributed by atoms with Gasteiger partial charge in [0.15, 0.2) is 5.78 Å². The van der Waals surface area contributed by atoms with Gasteiger partial charge < -0.3 is 4.74 Å². The lowest BCUT2D eigenvalue weighted by Crippen LogP contribution is -2.34. The molecule has 0 bridgehead atoms. The van der Waals surface area contributed by atoms with E-state index in [0.29, 0.717) is 13.0 Å². The summed E-state index contributed by atoms with van der Waals surface area (Å²) >= 11 is 0. The minimum absolute atomic E-state index is 0.140. The Morgan fingerprint density at radius 3 is 2.86 bits per heavy atom. The summed E-state index contributed by atoms with van der Waals surface area (Å²) in [5, 5.41) is 0. The van der Waals surface area contributed by atoms with Crippen LogP contribution in [0.1, 0.15) is 33.1 Å². The Morgan fingerprint density at radius 2 is 2.36 bits per heavy atom. The van der Waals surface area contributed by atoms with Crippen LogP contribution in [0.2, 0.25) is 0 Å². The van der Waals surface area contributed by atoms with Crippen LogP contribution in [0.25, 0.3) is 0 Å². The van der Waals surface area contributed by atoms with Crippen molar-refractivity contribution in [2.75, 3.05) is 6.61 Å². The van der Waals surface area contributed by atoms with E-state index in [1.54, 1.807) is 13.0 Å². The standard InChI is InChI=1S/C11H16O3/c1-3-4-8-14-10(13)11(2)7-5-6-9(11)12/h5-6H,3-4,7-8H2,1-2H3/t11-/m0/s1. The van der Waals surface area contributed by atoms with Crippen LogP contribution in [0, 0.1) is 5.41 Å². The fraction of sp³-hybridized carbons (Fsp3) is 0.636. The van der Waals surface area contributed by atoms with Crippen LogP contribution in [-0.2, 0) is 14.3 Å². The lowest BCUT2D eigenvalue weighted by atomic mass is 9.87. The fourth-order valence-corrected chi connectivity index (χ4v) is 1.34. The summed E-state index contributed by atoms with van der Waals surface area (Å²) < 4.78 is 5.04. The molecule has 0 heterocycles. The lowest BCUT2D eigenvalue weighted by Gasteiger charge is -2.19. The summed E-state index contributed by atoms with van der Waals surface area (Å²) in [7, 11) is 0. The van der Waals surface area contributed by atoms with Crippen LogP contribution in [0.3, 0.4) is 0 Å². The van der Waals surface area contributed by atoms with Gasteiger partial charge in [-0.1, -0.05) is 19.4 Å². The van der Waals surface area contributed by atoms with Crippen molar-refractivity contribution in [3.05, 3.63) is 12.2 Å². The zero-order valence-electron chi connectivity index (χ0n) is 8.71. The van der Waals surface area contributed by atoms with E-state index < -0.39 is 5.41 Å². The summed E-state index contributed by atoms with van der Waals surface area (Å²) in [6, 6.07) is 0. The van der Waals surface area contributed by atoms with Crippen molar-refractivity contribution in [2.24, 2.45) is 5.41 Å². The molecule has 0 aromatic carbocycles. The number of allylic oxidation sites excluding steroid dienone is 2. The highest BCUT2D eigenvalue weighted by Gasteiger charge is 2.42. The molecule has 0 saturated heterocycles. The van der Waals surface area contributed by atoms with Crippen LogP contribution < -0.4 is 0 Å². The van der Waals surface area contributed by atoms with Gasteiger partial charge in [-0.2, -0.15) is 0 Å². The summed E-state index contributed by atoms with van der Waals surface area (Å²) in [5.74, 6) is -0.528. The number of esters is 1. The van der Waals surface area contributed by atoms with Gasteiger partial charge in [-0.05, 0) is 25.8 Å². The van der Waals surface area contributed by atoms with Crippen molar-refractivity contribution in [1.82, 2.24) is 0 Å². The second kappa shape index (κ2) is 4.40. The highest BCUT2D eigenvalue weighted by molar-refractivity contribution is 6.10. The predicted octanol–water partition coefficient (Wildman–Crippen LogP) is 1.86. The van der Waals surface area contributed by atoms with Gasteiger partial charge >= 0.3 is 5.97 Å². The molecule has 78 valence electrons. The van der Waals surface area contributed by atoms with Crippen molar-refractivity contribution < 1.29 is 14.3 Å². The molecule has 0 aromatic heterocycles. The summed E-state index contributed by atoms with van der Waals surface area (Å²) in [6.07, 6.45) is 5.49. The van der Waals surface area contributed by atoms with Crippen molar-refractivity contribution in [2.45, 2.75) is 33.1 Å². The van der Waals surface area contributed by atoms with Gasteiger partial charge in [0.05, 0.1) is 6.61 Å². The number of ketones is 1. The van der Waals surface area contributed by atoms with E-state index >= 15 is 0 Å². The fourth-order valence-electron chi connectivity index (χ4n) is 1.34. The predicted molar refractivity (Wildman–Crippen MR) is 52.7 cm³/mol. The number of carbonyl (C=O) groups excluding carboxylic acids is 2. The molecule has 0 saturated carbocycles. The zero-order valence-corrected chi connectivity index (χ0v) is 8.71. The van der Waals surface area contributed by atoms with Gasteiger partial charge in [-0.25, -0.2) is 0 Å². The maximum absolute atomic E-state index is 11.6. The molecule has 1 aliphatic rings. The molecule has 0 fully saturated rings. The lowest BCUT2D eigenvalue weighted by molar-refractivity contribution is -0.157. The van der Waals surface area contributed by atoms with E-state index in [9.17, 15) is 9.59 Å². The highest BCUT2D eigenvalue weighted by Crippen LogP contribution is 2.30. The van der Waals surface area contributed by atoms with Crippen LogP contribution in [-0.4, -0.2) is 18.4 Å². The molecule has 14 heavy (non-hydrogen) atoms. The molecule has 3 heteroatoms. The third-order valence-corrected chi connectivity index (χ3v) is 2.52. The maximum atomic E-state index is 11.6. The Balaban J connectivity index is 2.48. The Morgan fingerprint density at radius 1 is 1.64 bits per heavy atom. The number of rotatable bonds is 4.